The zero-order chi connectivity index (χ0) is 13.0. The Morgan fingerprint density at radius 2 is 2.28 bits per heavy atom. The first kappa shape index (κ1) is 12.9. The summed E-state index contributed by atoms with van der Waals surface area (Å²) in [6.45, 7) is 3.93. The van der Waals surface area contributed by atoms with E-state index in [1.54, 1.807) is 18.3 Å². The third kappa shape index (κ3) is 3.00. The number of hydrogen-bond donors (Lipinski definition) is 1. The first-order chi connectivity index (χ1) is 8.70. The van der Waals surface area contributed by atoms with Gasteiger partial charge in [-0.05, 0) is 37.3 Å². The molecule has 0 aromatic carbocycles. The fourth-order valence-electron chi connectivity index (χ4n) is 2.47. The Hall–Kier alpha value is -1.58. The molecule has 1 aliphatic heterocycles. The Balaban J connectivity index is 2.02. The van der Waals surface area contributed by atoms with Crippen molar-refractivity contribution in [3.63, 3.8) is 0 Å². The molecule has 1 aromatic heterocycles. The molecule has 2 rings (SSSR count). The summed E-state index contributed by atoms with van der Waals surface area (Å²) in [4.78, 5) is 18.3. The molecule has 2 heterocycles. The van der Waals surface area contributed by atoms with E-state index in [1.165, 1.54) is 12.8 Å². The maximum absolute atomic E-state index is 12.3. The van der Waals surface area contributed by atoms with Gasteiger partial charge in [0, 0.05) is 13.1 Å². The SMILES string of the molecule is CCC1CCCN(C(=O)c2ccc(N)cn2)CC1. The number of nitrogens with zero attached hydrogens (tertiary/aromatic N) is 2. The molecule has 0 spiro atoms. The summed E-state index contributed by atoms with van der Waals surface area (Å²) in [5.74, 6) is 0.800. The molecule has 1 aromatic rings. The van der Waals surface area contributed by atoms with Crippen molar-refractivity contribution < 1.29 is 4.79 Å². The van der Waals surface area contributed by atoms with Crippen molar-refractivity contribution in [2.24, 2.45) is 5.92 Å². The summed E-state index contributed by atoms with van der Waals surface area (Å²) in [6, 6.07) is 3.44. The van der Waals surface area contributed by atoms with Crippen molar-refractivity contribution in [1.29, 1.82) is 0 Å². The highest BCUT2D eigenvalue weighted by Crippen LogP contribution is 2.21. The number of amides is 1. The highest BCUT2D eigenvalue weighted by molar-refractivity contribution is 5.92. The minimum absolute atomic E-state index is 0.0340. The zero-order valence-electron chi connectivity index (χ0n) is 10.9. The molecular weight excluding hydrogens is 226 g/mol. The van der Waals surface area contributed by atoms with E-state index in [0.717, 1.165) is 31.8 Å². The van der Waals surface area contributed by atoms with Crippen LogP contribution in [-0.2, 0) is 0 Å². The van der Waals surface area contributed by atoms with E-state index in [2.05, 4.69) is 11.9 Å². The van der Waals surface area contributed by atoms with Crippen molar-refractivity contribution in [3.8, 4) is 0 Å². The molecule has 0 aliphatic carbocycles. The lowest BCUT2D eigenvalue weighted by molar-refractivity contribution is 0.0754. The average Bonchev–Trinajstić information content (AvgIpc) is 2.64. The Bertz CT molecular complexity index is 402. The summed E-state index contributed by atoms with van der Waals surface area (Å²) in [5, 5.41) is 0. The topological polar surface area (TPSA) is 59.2 Å². The van der Waals surface area contributed by atoms with Crippen molar-refractivity contribution >= 4 is 11.6 Å². The molecule has 0 bridgehead atoms. The molecule has 1 aliphatic rings. The molecule has 1 amide bonds. The highest BCUT2D eigenvalue weighted by Gasteiger charge is 2.21. The number of rotatable bonds is 2. The molecule has 1 saturated heterocycles. The average molecular weight is 247 g/mol. The lowest BCUT2D eigenvalue weighted by atomic mass is 9.98. The highest BCUT2D eigenvalue weighted by atomic mass is 16.2. The number of nitrogens with two attached hydrogens (primary N) is 1. The van der Waals surface area contributed by atoms with E-state index in [-0.39, 0.29) is 5.91 Å². The second-order valence-electron chi connectivity index (χ2n) is 4.97. The summed E-state index contributed by atoms with van der Waals surface area (Å²) in [6.07, 6.45) is 6.19. The van der Waals surface area contributed by atoms with E-state index >= 15 is 0 Å². The minimum Gasteiger partial charge on any atom is -0.397 e. The predicted molar refractivity (Wildman–Crippen MR) is 72.2 cm³/mol. The smallest absolute Gasteiger partial charge is 0.272 e. The molecule has 1 unspecified atom stereocenters. The van der Waals surface area contributed by atoms with Crippen LogP contribution in [0.25, 0.3) is 0 Å². The molecule has 1 atom stereocenters. The largest absolute Gasteiger partial charge is 0.397 e. The molecule has 4 nitrogen and oxygen atoms in total. The second kappa shape index (κ2) is 5.85. The van der Waals surface area contributed by atoms with Gasteiger partial charge in [-0.2, -0.15) is 0 Å². The van der Waals surface area contributed by atoms with E-state index in [1.807, 2.05) is 4.90 Å². The number of carbonyl (C=O) groups excluding carboxylic acids is 1. The molecule has 0 saturated carbocycles. The third-order valence-electron chi connectivity index (χ3n) is 3.72. The monoisotopic (exact) mass is 247 g/mol. The maximum atomic E-state index is 12.3. The molecule has 4 heteroatoms. The standard InChI is InChI=1S/C14H21N3O/c1-2-11-4-3-8-17(9-7-11)14(18)13-6-5-12(15)10-16-13/h5-6,10-11H,2-4,7-9,15H2,1H3. The van der Waals surface area contributed by atoms with Gasteiger partial charge in [-0.15, -0.1) is 0 Å². The number of likely N-dealkylation sites (tertiary alicyclic amines) is 1. The molecule has 18 heavy (non-hydrogen) atoms. The first-order valence-electron chi connectivity index (χ1n) is 6.71. The van der Waals surface area contributed by atoms with Crippen LogP contribution in [0.3, 0.4) is 0 Å². The number of hydrogen-bond acceptors (Lipinski definition) is 3. The van der Waals surface area contributed by atoms with Crippen LogP contribution in [0.1, 0.15) is 43.1 Å². The van der Waals surface area contributed by atoms with Crippen LogP contribution in [0, 0.1) is 5.92 Å². The molecular formula is C14H21N3O. The van der Waals surface area contributed by atoms with Gasteiger partial charge in [0.15, 0.2) is 0 Å². The first-order valence-corrected chi connectivity index (χ1v) is 6.71. The van der Waals surface area contributed by atoms with Gasteiger partial charge in [0.2, 0.25) is 0 Å². The van der Waals surface area contributed by atoms with Crippen LogP contribution in [0.2, 0.25) is 0 Å². The van der Waals surface area contributed by atoms with Gasteiger partial charge >= 0.3 is 0 Å². The fourth-order valence-corrected chi connectivity index (χ4v) is 2.47. The van der Waals surface area contributed by atoms with Crippen LogP contribution in [0.4, 0.5) is 5.69 Å². The zero-order valence-corrected chi connectivity index (χ0v) is 10.9. The maximum Gasteiger partial charge on any atom is 0.272 e. The van der Waals surface area contributed by atoms with Crippen LogP contribution < -0.4 is 5.73 Å². The third-order valence-corrected chi connectivity index (χ3v) is 3.72. The van der Waals surface area contributed by atoms with Gasteiger partial charge in [-0.3, -0.25) is 4.79 Å². The Labute approximate surface area is 108 Å². The van der Waals surface area contributed by atoms with Crippen molar-refractivity contribution in [2.75, 3.05) is 18.8 Å². The Morgan fingerprint density at radius 3 is 2.94 bits per heavy atom. The summed E-state index contributed by atoms with van der Waals surface area (Å²) >= 11 is 0. The van der Waals surface area contributed by atoms with Crippen LogP contribution in [0.15, 0.2) is 18.3 Å². The van der Waals surface area contributed by atoms with Crippen molar-refractivity contribution in [1.82, 2.24) is 9.88 Å². The lowest BCUT2D eigenvalue weighted by Crippen LogP contribution is -2.32. The summed E-state index contributed by atoms with van der Waals surface area (Å²) in [5.41, 5.74) is 6.67. The van der Waals surface area contributed by atoms with Crippen molar-refractivity contribution in [2.45, 2.75) is 32.6 Å². The van der Waals surface area contributed by atoms with Gasteiger partial charge in [0.1, 0.15) is 5.69 Å². The Morgan fingerprint density at radius 1 is 1.44 bits per heavy atom. The number of carbonyl (C=O) groups is 1. The number of nitrogen functional groups attached to an aromatic ring is 1. The summed E-state index contributed by atoms with van der Waals surface area (Å²) in [7, 11) is 0. The lowest BCUT2D eigenvalue weighted by Gasteiger charge is -2.20. The van der Waals surface area contributed by atoms with Gasteiger partial charge in [-0.25, -0.2) is 4.98 Å². The van der Waals surface area contributed by atoms with E-state index < -0.39 is 0 Å². The van der Waals surface area contributed by atoms with Gasteiger partial charge in [0.05, 0.1) is 11.9 Å². The van der Waals surface area contributed by atoms with E-state index in [9.17, 15) is 4.79 Å². The van der Waals surface area contributed by atoms with Gasteiger partial charge < -0.3 is 10.6 Å². The second-order valence-corrected chi connectivity index (χ2v) is 4.97. The van der Waals surface area contributed by atoms with Crippen LogP contribution in [0.5, 0.6) is 0 Å². The molecule has 2 N–H and O–H groups in total. The number of pyridine rings is 1. The normalized spacial score (nSPS) is 20.5. The van der Waals surface area contributed by atoms with Crippen LogP contribution >= 0.6 is 0 Å². The van der Waals surface area contributed by atoms with Crippen molar-refractivity contribution in [3.05, 3.63) is 24.0 Å². The van der Waals surface area contributed by atoms with Crippen LogP contribution in [-0.4, -0.2) is 28.9 Å². The predicted octanol–water partition coefficient (Wildman–Crippen LogP) is 2.32. The Kier molecular flexibility index (Phi) is 4.18. The molecule has 98 valence electrons. The van der Waals surface area contributed by atoms with E-state index in [0.29, 0.717) is 11.4 Å². The van der Waals surface area contributed by atoms with Gasteiger partial charge in [0.25, 0.3) is 5.91 Å². The summed E-state index contributed by atoms with van der Waals surface area (Å²) < 4.78 is 0. The fraction of sp³-hybridized carbons (Fsp3) is 0.571. The molecule has 0 radical (unpaired) electrons. The quantitative estimate of drug-likeness (QED) is 0.872. The van der Waals surface area contributed by atoms with Gasteiger partial charge in [-0.1, -0.05) is 13.3 Å². The molecule has 1 fully saturated rings. The van der Waals surface area contributed by atoms with E-state index in [4.69, 9.17) is 5.73 Å². The number of anilines is 1. The number of aromatic nitrogens is 1. The minimum atomic E-state index is 0.0340.